The van der Waals surface area contributed by atoms with E-state index in [1.54, 1.807) is 27.7 Å². The lowest BCUT2D eigenvalue weighted by Crippen LogP contribution is -2.47. The van der Waals surface area contributed by atoms with Gasteiger partial charge < -0.3 is 35.5 Å². The van der Waals surface area contributed by atoms with Crippen molar-refractivity contribution in [3.05, 3.63) is 144 Å². The van der Waals surface area contributed by atoms with Gasteiger partial charge in [-0.25, -0.2) is 9.59 Å². The average molecular weight is 809 g/mol. The number of esters is 2. The van der Waals surface area contributed by atoms with Crippen LogP contribution in [0.1, 0.15) is 89.7 Å². The maximum Gasteiger partial charge on any atom is 0.408 e. The number of carbonyl (C=O) groups is 5. The van der Waals surface area contributed by atoms with E-state index < -0.39 is 53.8 Å². The summed E-state index contributed by atoms with van der Waals surface area (Å²) in [4.78, 5) is 62.6. The molecule has 3 amide bonds. The van der Waals surface area contributed by atoms with Crippen molar-refractivity contribution >= 4 is 29.8 Å². The molecule has 6 atom stereocenters. The maximum atomic E-state index is 12.8. The number of hydrogen-bond acceptors (Lipinski definition) is 9. The summed E-state index contributed by atoms with van der Waals surface area (Å²) < 4.78 is 16.1. The molecule has 0 spiro atoms. The summed E-state index contributed by atoms with van der Waals surface area (Å²) in [6.45, 7) is 14.6. The third-order valence-corrected chi connectivity index (χ3v) is 8.92. The Morgan fingerprint density at radius 3 is 1.25 bits per heavy atom. The van der Waals surface area contributed by atoms with E-state index in [4.69, 9.17) is 14.2 Å². The van der Waals surface area contributed by atoms with Crippen molar-refractivity contribution in [2.75, 3.05) is 6.54 Å². The molecule has 12 heteroatoms. The highest BCUT2D eigenvalue weighted by Crippen LogP contribution is 2.15. The molecule has 316 valence electrons. The van der Waals surface area contributed by atoms with Crippen molar-refractivity contribution in [3.63, 3.8) is 0 Å². The fraction of sp³-hybridized carbons (Fsp3) is 0.383. The lowest BCUT2D eigenvalue weighted by Gasteiger charge is -2.24. The minimum atomic E-state index is -1.03. The Morgan fingerprint density at radius 1 is 0.525 bits per heavy atom. The van der Waals surface area contributed by atoms with Crippen molar-refractivity contribution in [2.24, 2.45) is 0 Å². The number of ether oxygens (including phenoxy) is 3. The van der Waals surface area contributed by atoms with Gasteiger partial charge in [0, 0.05) is 6.42 Å². The Hall–Kier alpha value is -6.01. The van der Waals surface area contributed by atoms with Gasteiger partial charge in [0.15, 0.2) is 12.2 Å². The van der Waals surface area contributed by atoms with Crippen LogP contribution in [0.5, 0.6) is 0 Å². The number of amides is 3. The largest absolute Gasteiger partial charge is 0.451 e. The normalized spacial score (nSPS) is 14.0. The van der Waals surface area contributed by atoms with Gasteiger partial charge in [0.2, 0.25) is 0 Å². The molecule has 59 heavy (non-hydrogen) atoms. The van der Waals surface area contributed by atoms with E-state index in [1.807, 2.05) is 142 Å². The van der Waals surface area contributed by atoms with Crippen LogP contribution in [0, 0.1) is 0 Å². The first kappa shape index (κ1) is 47.4. The fourth-order valence-electron chi connectivity index (χ4n) is 5.76. The van der Waals surface area contributed by atoms with Crippen LogP contribution < -0.4 is 21.3 Å². The summed E-state index contributed by atoms with van der Waals surface area (Å²) in [6.07, 6.45) is -1.91. The molecule has 0 fully saturated rings. The van der Waals surface area contributed by atoms with Crippen LogP contribution in [0.25, 0.3) is 0 Å². The minimum absolute atomic E-state index is 0.159. The molecule has 0 unspecified atom stereocenters. The zero-order chi connectivity index (χ0) is 43.4. The molecule has 4 aromatic rings. The topological polar surface area (TPSA) is 161 Å². The predicted molar refractivity (Wildman–Crippen MR) is 228 cm³/mol. The van der Waals surface area contributed by atoms with Crippen LogP contribution in [-0.4, -0.2) is 66.3 Å². The maximum absolute atomic E-state index is 12.8. The molecule has 0 heterocycles. The molecule has 12 nitrogen and oxygen atoms in total. The van der Waals surface area contributed by atoms with Crippen LogP contribution in [-0.2, 0) is 46.2 Å². The summed E-state index contributed by atoms with van der Waals surface area (Å²) in [5.74, 6) is -1.87. The molecule has 0 bridgehead atoms. The SMILES string of the molecule is CCN[C@@H](Cc1ccccc1)C(=O)O[C@@H](C)C(=O)N[C@@H](C)c1ccccc1.C[C@H](OC(=O)[C@H](Cc1ccccc1)NC(=O)OC(C)(C)C)C(=O)N[C@@H](C)c1ccccc1. The van der Waals surface area contributed by atoms with Crippen LogP contribution in [0.4, 0.5) is 4.79 Å². The molecule has 4 N–H and O–H groups in total. The van der Waals surface area contributed by atoms with Gasteiger partial charge in [-0.05, 0) is 83.7 Å². The molecule has 0 aliphatic heterocycles. The highest BCUT2D eigenvalue weighted by atomic mass is 16.6. The van der Waals surface area contributed by atoms with Gasteiger partial charge in [-0.2, -0.15) is 0 Å². The second-order valence-electron chi connectivity index (χ2n) is 15.1. The molecule has 0 radical (unpaired) electrons. The second-order valence-corrected chi connectivity index (χ2v) is 15.1. The zero-order valence-corrected chi connectivity index (χ0v) is 35.4. The van der Waals surface area contributed by atoms with Gasteiger partial charge in [-0.1, -0.05) is 128 Å². The molecule has 0 aliphatic rings. The lowest BCUT2D eigenvalue weighted by molar-refractivity contribution is -0.157. The van der Waals surface area contributed by atoms with Crippen molar-refractivity contribution in [1.29, 1.82) is 0 Å². The van der Waals surface area contributed by atoms with Gasteiger partial charge in [-0.3, -0.25) is 14.4 Å². The number of rotatable bonds is 17. The van der Waals surface area contributed by atoms with Crippen LogP contribution in [0.3, 0.4) is 0 Å². The van der Waals surface area contributed by atoms with Crippen molar-refractivity contribution < 1.29 is 38.2 Å². The molecule has 4 rings (SSSR count). The number of likely N-dealkylation sites (N-methyl/N-ethyl adjacent to an activating group) is 1. The van der Waals surface area contributed by atoms with E-state index in [0.29, 0.717) is 13.0 Å². The van der Waals surface area contributed by atoms with Gasteiger partial charge >= 0.3 is 18.0 Å². The Kier molecular flexibility index (Phi) is 19.3. The fourth-order valence-corrected chi connectivity index (χ4v) is 5.76. The summed E-state index contributed by atoms with van der Waals surface area (Å²) >= 11 is 0. The number of carbonyl (C=O) groups excluding carboxylic acids is 5. The first-order chi connectivity index (χ1) is 28.1. The Labute approximate surface area is 348 Å². The number of benzene rings is 4. The van der Waals surface area contributed by atoms with E-state index >= 15 is 0 Å². The van der Waals surface area contributed by atoms with E-state index in [1.165, 1.54) is 6.92 Å². The van der Waals surface area contributed by atoms with Crippen LogP contribution in [0.15, 0.2) is 121 Å². The number of hydrogen-bond donors (Lipinski definition) is 4. The summed E-state index contributed by atoms with van der Waals surface area (Å²) in [6, 6.07) is 36.2. The molecule has 0 saturated carbocycles. The summed E-state index contributed by atoms with van der Waals surface area (Å²) in [5.41, 5.74) is 3.09. The van der Waals surface area contributed by atoms with E-state index in [9.17, 15) is 24.0 Å². The Bertz CT molecular complexity index is 1890. The van der Waals surface area contributed by atoms with Gasteiger partial charge in [-0.15, -0.1) is 0 Å². The van der Waals surface area contributed by atoms with Crippen molar-refractivity contribution in [3.8, 4) is 0 Å². The minimum Gasteiger partial charge on any atom is -0.451 e. The molecular weight excluding hydrogens is 749 g/mol. The summed E-state index contributed by atoms with van der Waals surface area (Å²) in [5, 5.41) is 11.4. The third kappa shape index (κ3) is 17.6. The van der Waals surface area contributed by atoms with Crippen molar-refractivity contribution in [2.45, 2.75) is 110 Å². The van der Waals surface area contributed by atoms with Gasteiger partial charge in [0.25, 0.3) is 11.8 Å². The Morgan fingerprint density at radius 2 is 0.881 bits per heavy atom. The quantitative estimate of drug-likeness (QED) is 0.0654. The van der Waals surface area contributed by atoms with E-state index in [-0.39, 0.29) is 24.4 Å². The van der Waals surface area contributed by atoms with Gasteiger partial charge in [0.05, 0.1) is 12.1 Å². The first-order valence-electron chi connectivity index (χ1n) is 20.0. The second kappa shape index (κ2) is 24.0. The zero-order valence-electron chi connectivity index (χ0n) is 35.4. The highest BCUT2D eigenvalue weighted by Gasteiger charge is 2.30. The standard InChI is InChI=1S/C25H32N2O5.C22H28N2O3/c1-17(20-14-10-7-11-15-20)26-22(28)18(2)31-23(29)21(16-19-12-8-6-9-13-19)27-24(30)32-25(3,4)5;1-4-23-20(15-18-11-7-5-8-12-18)22(26)27-17(3)21(25)24-16(2)19-13-9-6-10-14-19/h6-15,17-18,21H,16H2,1-5H3,(H,26,28)(H,27,30);5-14,16-17,20,23H,4,15H2,1-3H3,(H,24,25)/t17-,18-,21-;16-,17-,20-/m00/s1. The first-order valence-corrected chi connectivity index (χ1v) is 20.0. The summed E-state index contributed by atoms with van der Waals surface area (Å²) in [7, 11) is 0. The van der Waals surface area contributed by atoms with E-state index in [2.05, 4.69) is 21.3 Å². The molecule has 4 aromatic carbocycles. The van der Waals surface area contributed by atoms with Crippen LogP contribution in [0.2, 0.25) is 0 Å². The third-order valence-electron chi connectivity index (χ3n) is 8.92. The lowest BCUT2D eigenvalue weighted by atomic mass is 10.1. The molecule has 0 saturated heterocycles. The average Bonchev–Trinajstić information content (AvgIpc) is 3.21. The molecule has 0 aliphatic carbocycles. The molecular formula is C47H60N4O8. The van der Waals surface area contributed by atoms with Crippen molar-refractivity contribution in [1.82, 2.24) is 21.3 Å². The predicted octanol–water partition coefficient (Wildman–Crippen LogP) is 6.95. The number of alkyl carbamates (subject to hydrolysis) is 1. The number of nitrogens with one attached hydrogen (secondary N) is 4. The molecule has 0 aromatic heterocycles. The van der Waals surface area contributed by atoms with Gasteiger partial charge in [0.1, 0.15) is 17.7 Å². The smallest absolute Gasteiger partial charge is 0.408 e. The highest BCUT2D eigenvalue weighted by molar-refractivity contribution is 5.87. The van der Waals surface area contributed by atoms with Crippen LogP contribution >= 0.6 is 0 Å². The monoisotopic (exact) mass is 808 g/mol. The van der Waals surface area contributed by atoms with E-state index in [0.717, 1.165) is 22.3 Å². The Balaban J connectivity index is 0.000000320.